The number of rotatable bonds is 5. The molecule has 1 aromatic carbocycles. The first-order chi connectivity index (χ1) is 11.8. The van der Waals surface area contributed by atoms with Crippen molar-refractivity contribution in [3.05, 3.63) is 48.0 Å². The molecule has 0 amide bonds. The molecule has 2 N–H and O–H groups in total. The normalized spacial score (nSPS) is 19.1. The third kappa shape index (κ3) is 3.20. The lowest BCUT2D eigenvalue weighted by atomic mass is 9.95. The third-order valence-electron chi connectivity index (χ3n) is 4.73. The summed E-state index contributed by atoms with van der Waals surface area (Å²) in [5.41, 5.74) is 3.27. The van der Waals surface area contributed by atoms with Crippen LogP contribution in [0.2, 0.25) is 0 Å². The van der Waals surface area contributed by atoms with Crippen molar-refractivity contribution in [2.75, 3.05) is 19.7 Å². The Morgan fingerprint density at radius 3 is 3.04 bits per heavy atom. The second kappa shape index (κ2) is 6.75. The SMILES string of the molecule is OCCn1ccc([C@@H]2CCCN(Cc3nc4ccccc4[nH]3)C2)n1. The molecule has 24 heavy (non-hydrogen) atoms. The molecule has 0 unspecified atom stereocenters. The van der Waals surface area contributed by atoms with E-state index < -0.39 is 0 Å². The highest BCUT2D eigenvalue weighted by atomic mass is 16.3. The second-order valence-corrected chi connectivity index (χ2v) is 6.50. The van der Waals surface area contributed by atoms with E-state index in [1.54, 1.807) is 0 Å². The van der Waals surface area contributed by atoms with Crippen LogP contribution in [0.15, 0.2) is 36.5 Å². The average Bonchev–Trinajstić information content (AvgIpc) is 3.21. The molecule has 4 rings (SSSR count). The summed E-state index contributed by atoms with van der Waals surface area (Å²) in [5, 5.41) is 13.6. The summed E-state index contributed by atoms with van der Waals surface area (Å²) in [6.45, 7) is 3.65. The molecule has 2 aromatic heterocycles. The molecule has 1 atom stereocenters. The fourth-order valence-electron chi connectivity index (χ4n) is 3.55. The van der Waals surface area contributed by atoms with Crippen LogP contribution < -0.4 is 0 Å². The van der Waals surface area contributed by atoms with Crippen molar-refractivity contribution >= 4 is 11.0 Å². The minimum atomic E-state index is 0.129. The van der Waals surface area contributed by atoms with Crippen LogP contribution in [-0.4, -0.2) is 49.5 Å². The van der Waals surface area contributed by atoms with Crippen molar-refractivity contribution in [2.45, 2.75) is 31.8 Å². The number of nitrogens with one attached hydrogen (secondary N) is 1. The van der Waals surface area contributed by atoms with Crippen LogP contribution in [0, 0.1) is 0 Å². The number of nitrogens with zero attached hydrogens (tertiary/aromatic N) is 4. The Labute approximate surface area is 141 Å². The van der Waals surface area contributed by atoms with Gasteiger partial charge in [-0.15, -0.1) is 0 Å². The van der Waals surface area contributed by atoms with E-state index >= 15 is 0 Å². The minimum absolute atomic E-state index is 0.129. The molecule has 1 aliphatic heterocycles. The summed E-state index contributed by atoms with van der Waals surface area (Å²) < 4.78 is 1.83. The molecule has 0 aliphatic carbocycles. The number of fused-ring (bicyclic) bond motifs is 1. The highest BCUT2D eigenvalue weighted by Crippen LogP contribution is 2.26. The van der Waals surface area contributed by atoms with E-state index in [0.717, 1.165) is 42.2 Å². The first-order valence-corrected chi connectivity index (χ1v) is 8.62. The van der Waals surface area contributed by atoms with Gasteiger partial charge in [0.2, 0.25) is 0 Å². The highest BCUT2D eigenvalue weighted by Gasteiger charge is 2.23. The predicted molar refractivity (Wildman–Crippen MR) is 92.7 cm³/mol. The van der Waals surface area contributed by atoms with Gasteiger partial charge in [-0.1, -0.05) is 12.1 Å². The largest absolute Gasteiger partial charge is 0.394 e. The van der Waals surface area contributed by atoms with E-state index in [4.69, 9.17) is 5.11 Å². The monoisotopic (exact) mass is 325 g/mol. The van der Waals surface area contributed by atoms with E-state index in [1.807, 2.05) is 29.1 Å². The fraction of sp³-hybridized carbons (Fsp3) is 0.444. The van der Waals surface area contributed by atoms with E-state index in [2.05, 4.69) is 32.1 Å². The molecule has 0 saturated carbocycles. The van der Waals surface area contributed by atoms with Crippen LogP contribution in [0.3, 0.4) is 0 Å². The minimum Gasteiger partial charge on any atom is -0.394 e. The number of benzene rings is 1. The van der Waals surface area contributed by atoms with Gasteiger partial charge in [0.15, 0.2) is 0 Å². The number of likely N-dealkylation sites (tertiary alicyclic amines) is 1. The van der Waals surface area contributed by atoms with E-state index in [9.17, 15) is 0 Å². The number of hydrogen-bond acceptors (Lipinski definition) is 4. The van der Waals surface area contributed by atoms with Crippen molar-refractivity contribution in [3.63, 3.8) is 0 Å². The Hall–Kier alpha value is -2.18. The summed E-state index contributed by atoms with van der Waals surface area (Å²) in [7, 11) is 0. The van der Waals surface area contributed by atoms with E-state index in [0.29, 0.717) is 12.5 Å². The number of aliphatic hydroxyl groups excluding tert-OH is 1. The maximum absolute atomic E-state index is 9.03. The predicted octanol–water partition coefficient (Wildman–Crippen LogP) is 2.13. The maximum Gasteiger partial charge on any atom is 0.121 e. The van der Waals surface area contributed by atoms with Gasteiger partial charge in [0.1, 0.15) is 5.82 Å². The zero-order chi connectivity index (χ0) is 16.4. The lowest BCUT2D eigenvalue weighted by molar-refractivity contribution is 0.194. The van der Waals surface area contributed by atoms with Gasteiger partial charge in [-0.25, -0.2) is 4.98 Å². The van der Waals surface area contributed by atoms with Crippen LogP contribution in [0.25, 0.3) is 11.0 Å². The Balaban J connectivity index is 1.44. The second-order valence-electron chi connectivity index (χ2n) is 6.50. The Morgan fingerprint density at radius 2 is 2.17 bits per heavy atom. The lowest BCUT2D eigenvalue weighted by Gasteiger charge is -2.31. The summed E-state index contributed by atoms with van der Waals surface area (Å²) >= 11 is 0. The molecule has 3 heterocycles. The van der Waals surface area contributed by atoms with Gasteiger partial charge in [0.05, 0.1) is 36.4 Å². The van der Waals surface area contributed by atoms with Crippen molar-refractivity contribution in [2.24, 2.45) is 0 Å². The van der Waals surface area contributed by atoms with Crippen LogP contribution in [0.1, 0.15) is 30.3 Å². The fourth-order valence-corrected chi connectivity index (χ4v) is 3.55. The van der Waals surface area contributed by atoms with Crippen molar-refractivity contribution in [1.82, 2.24) is 24.6 Å². The van der Waals surface area contributed by atoms with Gasteiger partial charge in [-0.3, -0.25) is 9.58 Å². The molecule has 1 saturated heterocycles. The number of hydrogen-bond donors (Lipinski definition) is 2. The molecule has 0 radical (unpaired) electrons. The van der Waals surface area contributed by atoms with Crippen LogP contribution in [-0.2, 0) is 13.1 Å². The van der Waals surface area contributed by atoms with E-state index in [-0.39, 0.29) is 6.61 Å². The number of aliphatic hydroxyl groups is 1. The third-order valence-corrected chi connectivity index (χ3v) is 4.73. The molecule has 6 nitrogen and oxygen atoms in total. The number of imidazole rings is 1. The lowest BCUT2D eigenvalue weighted by Crippen LogP contribution is -2.34. The van der Waals surface area contributed by atoms with Gasteiger partial charge in [0, 0.05) is 18.7 Å². The Morgan fingerprint density at radius 1 is 1.25 bits per heavy atom. The van der Waals surface area contributed by atoms with Crippen LogP contribution >= 0.6 is 0 Å². The van der Waals surface area contributed by atoms with Crippen molar-refractivity contribution in [1.29, 1.82) is 0 Å². The first-order valence-electron chi connectivity index (χ1n) is 8.62. The number of piperidine rings is 1. The zero-order valence-electron chi connectivity index (χ0n) is 13.7. The zero-order valence-corrected chi connectivity index (χ0v) is 13.7. The summed E-state index contributed by atoms with van der Waals surface area (Å²) in [6, 6.07) is 10.3. The molecule has 3 aromatic rings. The molecule has 126 valence electrons. The number of H-pyrrole nitrogens is 1. The summed E-state index contributed by atoms with van der Waals surface area (Å²) in [6.07, 6.45) is 4.31. The van der Waals surface area contributed by atoms with E-state index in [1.165, 1.54) is 12.8 Å². The van der Waals surface area contributed by atoms with Gasteiger partial charge in [0.25, 0.3) is 0 Å². The van der Waals surface area contributed by atoms with Gasteiger partial charge in [-0.2, -0.15) is 5.10 Å². The Kier molecular flexibility index (Phi) is 4.32. The van der Waals surface area contributed by atoms with Crippen LogP contribution in [0.5, 0.6) is 0 Å². The number of para-hydroxylation sites is 2. The molecule has 0 spiro atoms. The van der Waals surface area contributed by atoms with Gasteiger partial charge >= 0.3 is 0 Å². The summed E-state index contributed by atoms with van der Waals surface area (Å²) in [4.78, 5) is 10.6. The molecule has 0 bridgehead atoms. The molecular weight excluding hydrogens is 302 g/mol. The molecule has 1 aliphatic rings. The van der Waals surface area contributed by atoms with Crippen molar-refractivity contribution in [3.8, 4) is 0 Å². The maximum atomic E-state index is 9.03. The molecular formula is C18H23N5O. The van der Waals surface area contributed by atoms with Gasteiger partial charge < -0.3 is 10.1 Å². The number of aromatic nitrogens is 4. The first kappa shape index (κ1) is 15.4. The summed E-state index contributed by atoms with van der Waals surface area (Å²) in [5.74, 6) is 1.49. The smallest absolute Gasteiger partial charge is 0.121 e. The number of aromatic amines is 1. The molecule has 6 heteroatoms. The Bertz CT molecular complexity index is 775. The highest BCUT2D eigenvalue weighted by molar-refractivity contribution is 5.74. The topological polar surface area (TPSA) is 70.0 Å². The van der Waals surface area contributed by atoms with Gasteiger partial charge in [-0.05, 0) is 37.6 Å². The standard InChI is InChI=1S/C18H23N5O/c24-11-10-23-9-7-15(21-23)14-4-3-8-22(12-14)13-18-19-16-5-1-2-6-17(16)20-18/h1-2,5-7,9,14,24H,3-4,8,10-13H2,(H,19,20)/t14-/m1/s1. The molecule has 1 fully saturated rings. The average molecular weight is 325 g/mol. The quantitative estimate of drug-likeness (QED) is 0.754. The van der Waals surface area contributed by atoms with Crippen LogP contribution in [0.4, 0.5) is 0 Å². The van der Waals surface area contributed by atoms with Crippen molar-refractivity contribution < 1.29 is 5.11 Å².